The molecule has 0 fully saturated rings. The molecule has 3 aromatic rings. The van der Waals surface area contributed by atoms with Gasteiger partial charge in [0.15, 0.2) is 0 Å². The van der Waals surface area contributed by atoms with Crippen LogP contribution in [0.5, 0.6) is 0 Å². The van der Waals surface area contributed by atoms with Gasteiger partial charge in [-0.3, -0.25) is 0 Å². The summed E-state index contributed by atoms with van der Waals surface area (Å²) in [5, 5.41) is 0. The molecular formula is C25H29N3. The van der Waals surface area contributed by atoms with Gasteiger partial charge < -0.3 is 14.7 Å². The quantitative estimate of drug-likeness (QED) is 0.508. The monoisotopic (exact) mass is 371 g/mol. The molecule has 3 heteroatoms. The number of hydrogen-bond acceptors (Lipinski definition) is 3. The van der Waals surface area contributed by atoms with Gasteiger partial charge in [-0.1, -0.05) is 30.3 Å². The lowest BCUT2D eigenvalue weighted by molar-refractivity contribution is 0.911. The van der Waals surface area contributed by atoms with Crippen molar-refractivity contribution in [3.05, 3.63) is 89.0 Å². The zero-order valence-electron chi connectivity index (χ0n) is 17.7. The summed E-state index contributed by atoms with van der Waals surface area (Å²) in [6.45, 7) is 0. The van der Waals surface area contributed by atoms with E-state index >= 15 is 0 Å². The van der Waals surface area contributed by atoms with Crippen LogP contribution in [0.2, 0.25) is 0 Å². The van der Waals surface area contributed by atoms with Gasteiger partial charge in [-0.25, -0.2) is 0 Å². The highest BCUT2D eigenvalue weighted by Gasteiger charge is 2.53. The molecule has 1 aliphatic carbocycles. The van der Waals surface area contributed by atoms with E-state index in [1.54, 1.807) is 0 Å². The third-order valence-corrected chi connectivity index (χ3v) is 5.90. The van der Waals surface area contributed by atoms with Gasteiger partial charge in [0.05, 0.1) is 5.41 Å². The second-order valence-corrected chi connectivity index (χ2v) is 8.26. The number of hydrogen-bond donors (Lipinski definition) is 0. The van der Waals surface area contributed by atoms with Crippen molar-refractivity contribution in [2.75, 3.05) is 57.0 Å². The Morgan fingerprint density at radius 3 is 1.25 bits per heavy atom. The summed E-state index contributed by atoms with van der Waals surface area (Å²) in [7, 11) is 12.5. The van der Waals surface area contributed by atoms with Crippen LogP contribution in [0.1, 0.15) is 22.3 Å². The van der Waals surface area contributed by atoms with Crippen molar-refractivity contribution in [3.63, 3.8) is 0 Å². The molecule has 0 heterocycles. The second kappa shape index (κ2) is 6.59. The van der Waals surface area contributed by atoms with Crippen molar-refractivity contribution in [3.8, 4) is 0 Å². The smallest absolute Gasteiger partial charge is 0.0708 e. The Bertz CT molecular complexity index is 932. The minimum atomic E-state index is -0.135. The van der Waals surface area contributed by atoms with Crippen molar-refractivity contribution in [2.24, 2.45) is 0 Å². The van der Waals surface area contributed by atoms with E-state index in [1.807, 2.05) is 0 Å². The summed E-state index contributed by atoms with van der Waals surface area (Å²) >= 11 is 0. The minimum absolute atomic E-state index is 0.135. The number of fused-ring (bicyclic) bond motifs is 1. The zero-order chi connectivity index (χ0) is 20.1. The van der Waals surface area contributed by atoms with E-state index in [0.29, 0.717) is 0 Å². The zero-order valence-corrected chi connectivity index (χ0v) is 17.7. The van der Waals surface area contributed by atoms with E-state index in [2.05, 4.69) is 124 Å². The second-order valence-electron chi connectivity index (χ2n) is 8.26. The first-order valence-corrected chi connectivity index (χ1v) is 9.73. The van der Waals surface area contributed by atoms with Crippen LogP contribution in [-0.4, -0.2) is 42.3 Å². The average molecular weight is 372 g/mol. The molecule has 4 rings (SSSR count). The predicted molar refractivity (Wildman–Crippen MR) is 121 cm³/mol. The molecule has 0 atom stereocenters. The van der Waals surface area contributed by atoms with Crippen molar-refractivity contribution in [1.82, 2.24) is 0 Å². The molecule has 1 aliphatic rings. The molecule has 0 spiro atoms. The van der Waals surface area contributed by atoms with Crippen LogP contribution in [0, 0.1) is 0 Å². The fourth-order valence-corrected chi connectivity index (χ4v) is 4.17. The van der Waals surface area contributed by atoms with Gasteiger partial charge >= 0.3 is 0 Å². The molecule has 3 aromatic carbocycles. The lowest BCUT2D eigenvalue weighted by Crippen LogP contribution is -2.15. The molecule has 0 saturated carbocycles. The molecule has 144 valence electrons. The number of rotatable bonds is 5. The summed E-state index contributed by atoms with van der Waals surface area (Å²) < 4.78 is 0. The SMILES string of the molecule is CN(C)c1ccc(C2(c3ccc(N(C)C)cc3)c3ccc(N(C)C)cc32)cc1. The van der Waals surface area contributed by atoms with Gasteiger partial charge in [0.1, 0.15) is 0 Å². The fraction of sp³-hybridized carbons (Fsp3) is 0.280. The first-order valence-electron chi connectivity index (χ1n) is 9.73. The Kier molecular flexibility index (Phi) is 4.34. The van der Waals surface area contributed by atoms with Crippen LogP contribution >= 0.6 is 0 Å². The van der Waals surface area contributed by atoms with E-state index in [9.17, 15) is 0 Å². The fourth-order valence-electron chi connectivity index (χ4n) is 4.17. The summed E-state index contributed by atoms with van der Waals surface area (Å²) in [5.41, 5.74) is 9.05. The summed E-state index contributed by atoms with van der Waals surface area (Å²) in [5.74, 6) is 0. The lowest BCUT2D eigenvalue weighted by atomic mass is 9.83. The Morgan fingerprint density at radius 2 is 0.857 bits per heavy atom. The van der Waals surface area contributed by atoms with Crippen LogP contribution < -0.4 is 14.7 Å². The maximum atomic E-state index is 2.34. The van der Waals surface area contributed by atoms with E-state index in [1.165, 1.54) is 39.3 Å². The highest BCUT2D eigenvalue weighted by atomic mass is 15.1. The third kappa shape index (κ3) is 2.73. The van der Waals surface area contributed by atoms with Crippen molar-refractivity contribution in [1.29, 1.82) is 0 Å². The summed E-state index contributed by atoms with van der Waals surface area (Å²) in [6, 6.07) is 24.9. The Hall–Kier alpha value is -2.94. The van der Waals surface area contributed by atoms with E-state index in [4.69, 9.17) is 0 Å². The first kappa shape index (κ1) is 18.4. The molecule has 0 unspecified atom stereocenters. The predicted octanol–water partition coefficient (Wildman–Crippen LogP) is 4.58. The summed E-state index contributed by atoms with van der Waals surface area (Å²) in [4.78, 5) is 6.46. The van der Waals surface area contributed by atoms with Crippen molar-refractivity contribution < 1.29 is 0 Å². The van der Waals surface area contributed by atoms with E-state index < -0.39 is 0 Å². The summed E-state index contributed by atoms with van der Waals surface area (Å²) in [6.07, 6.45) is 0. The molecule has 0 radical (unpaired) electrons. The molecule has 0 saturated heterocycles. The van der Waals surface area contributed by atoms with Crippen molar-refractivity contribution >= 4 is 17.1 Å². The van der Waals surface area contributed by atoms with E-state index in [0.717, 1.165) is 0 Å². The Morgan fingerprint density at radius 1 is 0.464 bits per heavy atom. The van der Waals surface area contributed by atoms with E-state index in [-0.39, 0.29) is 5.41 Å². The van der Waals surface area contributed by atoms with Gasteiger partial charge in [-0.15, -0.1) is 0 Å². The van der Waals surface area contributed by atoms with Gasteiger partial charge in [0, 0.05) is 59.3 Å². The van der Waals surface area contributed by atoms with Crippen LogP contribution in [0.15, 0.2) is 66.7 Å². The Balaban J connectivity index is 1.85. The lowest BCUT2D eigenvalue weighted by Gasteiger charge is -2.21. The van der Waals surface area contributed by atoms with Gasteiger partial charge in [-0.2, -0.15) is 0 Å². The largest absolute Gasteiger partial charge is 0.378 e. The molecule has 0 amide bonds. The highest BCUT2D eigenvalue weighted by molar-refractivity contribution is 5.78. The van der Waals surface area contributed by atoms with Crippen LogP contribution in [-0.2, 0) is 5.41 Å². The minimum Gasteiger partial charge on any atom is -0.378 e. The molecule has 0 bridgehead atoms. The standard InChI is InChI=1S/C25H29N3/c1-26(2)20-11-7-18(8-12-20)25(19-9-13-21(14-10-19)27(3)4)23-16-15-22(28(5)6)17-24(23)25/h7-17H,1-6H3. The maximum absolute atomic E-state index is 2.34. The maximum Gasteiger partial charge on any atom is 0.0708 e. The molecule has 0 aliphatic heterocycles. The molecule has 28 heavy (non-hydrogen) atoms. The van der Waals surface area contributed by atoms with Crippen LogP contribution in [0.4, 0.5) is 17.1 Å². The molecular weight excluding hydrogens is 342 g/mol. The van der Waals surface area contributed by atoms with Crippen LogP contribution in [0.3, 0.4) is 0 Å². The van der Waals surface area contributed by atoms with Gasteiger partial charge in [-0.05, 0) is 58.7 Å². The topological polar surface area (TPSA) is 9.72 Å². The Labute approximate surface area is 168 Å². The number of benzene rings is 3. The third-order valence-electron chi connectivity index (χ3n) is 5.90. The normalized spacial score (nSPS) is 13.6. The average Bonchev–Trinajstić information content (AvgIpc) is 3.37. The van der Waals surface area contributed by atoms with Crippen LogP contribution in [0.25, 0.3) is 0 Å². The first-order chi connectivity index (χ1) is 13.4. The van der Waals surface area contributed by atoms with Gasteiger partial charge in [0.2, 0.25) is 0 Å². The van der Waals surface area contributed by atoms with Crippen molar-refractivity contribution in [2.45, 2.75) is 5.41 Å². The number of nitrogens with zero attached hydrogens (tertiary/aromatic N) is 3. The molecule has 0 aromatic heterocycles. The number of anilines is 3. The molecule has 3 nitrogen and oxygen atoms in total. The highest BCUT2D eigenvalue weighted by Crippen LogP contribution is 2.60. The molecule has 0 N–H and O–H groups in total. The van der Waals surface area contributed by atoms with Gasteiger partial charge in [0.25, 0.3) is 0 Å².